The van der Waals surface area contributed by atoms with Crippen molar-refractivity contribution >= 4 is 18.9 Å². The van der Waals surface area contributed by atoms with Gasteiger partial charge in [-0.1, -0.05) is 30.3 Å². The molecule has 0 bridgehead atoms. The Balaban J connectivity index is 0.000000278. The van der Waals surface area contributed by atoms with Crippen LogP contribution in [0.1, 0.15) is 42.2 Å². The summed E-state index contributed by atoms with van der Waals surface area (Å²) in [5.74, 6) is -0.335. The van der Waals surface area contributed by atoms with Crippen molar-refractivity contribution in [3.63, 3.8) is 0 Å². The van der Waals surface area contributed by atoms with Crippen LogP contribution in [0.4, 0.5) is 39.5 Å². The summed E-state index contributed by atoms with van der Waals surface area (Å²) in [6.45, 7) is 0. The van der Waals surface area contributed by atoms with Crippen LogP contribution in [0.5, 0.6) is 5.75 Å². The summed E-state index contributed by atoms with van der Waals surface area (Å²) in [6.07, 6.45) is -12.4. The highest BCUT2D eigenvalue weighted by Gasteiger charge is 2.33. The third-order valence-corrected chi connectivity index (χ3v) is 3.99. The number of alkyl halides is 9. The summed E-state index contributed by atoms with van der Waals surface area (Å²) >= 11 is 0. The van der Waals surface area contributed by atoms with Gasteiger partial charge in [-0.25, -0.2) is 0 Å². The fraction of sp³-hybridized carbons (Fsp3) is 0.125. The van der Waals surface area contributed by atoms with Crippen LogP contribution < -0.4 is 4.74 Å². The van der Waals surface area contributed by atoms with Crippen LogP contribution in [0.3, 0.4) is 0 Å². The highest BCUT2D eigenvalue weighted by Crippen LogP contribution is 2.31. The van der Waals surface area contributed by atoms with E-state index >= 15 is 0 Å². The van der Waals surface area contributed by atoms with Crippen LogP contribution in [-0.4, -0.2) is 25.2 Å². The van der Waals surface area contributed by atoms with Gasteiger partial charge in [0.1, 0.15) is 18.3 Å². The summed E-state index contributed by atoms with van der Waals surface area (Å²) in [4.78, 5) is 30.4. The molecule has 0 radical (unpaired) electrons. The first kappa shape index (κ1) is 30.9. The second-order valence-electron chi connectivity index (χ2n) is 6.68. The maximum Gasteiger partial charge on any atom is 0.573 e. The lowest BCUT2D eigenvalue weighted by molar-refractivity contribution is -0.274. The Bertz CT molecular complexity index is 1170. The molecule has 0 aliphatic rings. The normalized spacial score (nSPS) is 11.2. The topological polar surface area (TPSA) is 60.4 Å². The van der Waals surface area contributed by atoms with Crippen molar-refractivity contribution in [3.8, 4) is 5.75 Å². The van der Waals surface area contributed by atoms with Crippen molar-refractivity contribution < 1.29 is 58.6 Å². The maximum absolute atomic E-state index is 12.1. The van der Waals surface area contributed by atoms with Gasteiger partial charge in [-0.3, -0.25) is 14.4 Å². The van der Waals surface area contributed by atoms with Gasteiger partial charge >= 0.3 is 18.7 Å². The van der Waals surface area contributed by atoms with E-state index in [1.54, 1.807) is 0 Å². The average molecular weight is 538 g/mol. The number of hydrogen-bond donors (Lipinski definition) is 0. The Kier molecular flexibility index (Phi) is 11.0. The Hall–Kier alpha value is -4.16. The van der Waals surface area contributed by atoms with E-state index in [0.717, 1.165) is 36.4 Å². The largest absolute Gasteiger partial charge is 0.573 e. The number of aldehydes is 3. The standard InChI is InChI=1S/C8H5F3O2.2C8H5F3O/c9-8(10,11)13-7-3-1-6(5-12)2-4-7;9-8(10,11)7-3-1-2-6(4-7)5-12;9-8(10,11)7-4-2-1-3-6(7)5-12/h1-5H;2*1-5H. The van der Waals surface area contributed by atoms with Gasteiger partial charge in [0.2, 0.25) is 0 Å². The van der Waals surface area contributed by atoms with Gasteiger partial charge in [-0.15, -0.1) is 13.2 Å². The Morgan fingerprint density at radius 3 is 1.57 bits per heavy atom. The third kappa shape index (κ3) is 11.4. The molecule has 0 unspecified atom stereocenters. The van der Waals surface area contributed by atoms with Gasteiger partial charge in [0.05, 0.1) is 11.1 Å². The van der Waals surface area contributed by atoms with Crippen LogP contribution in [0.15, 0.2) is 72.8 Å². The predicted molar refractivity (Wildman–Crippen MR) is 112 cm³/mol. The fourth-order valence-corrected chi connectivity index (χ4v) is 2.39. The number of benzene rings is 3. The quantitative estimate of drug-likeness (QED) is 0.256. The van der Waals surface area contributed by atoms with E-state index in [1.807, 2.05) is 0 Å². The first-order chi connectivity index (χ1) is 17.1. The smallest absolute Gasteiger partial charge is 0.406 e. The number of carbonyl (C=O) groups is 3. The maximum atomic E-state index is 12.1. The number of ether oxygens (including phenoxy) is 1. The molecule has 0 aromatic heterocycles. The molecule has 0 amide bonds. The number of carbonyl (C=O) groups excluding carboxylic acids is 3. The lowest BCUT2D eigenvalue weighted by Gasteiger charge is -2.07. The molecule has 0 atom stereocenters. The molecule has 4 nitrogen and oxygen atoms in total. The fourth-order valence-electron chi connectivity index (χ4n) is 2.39. The summed E-state index contributed by atoms with van der Waals surface area (Å²) in [6, 6.07) is 13.6. The lowest BCUT2D eigenvalue weighted by atomic mass is 10.1. The Morgan fingerprint density at radius 2 is 1.14 bits per heavy atom. The van der Waals surface area contributed by atoms with Crippen molar-refractivity contribution in [3.05, 3.63) is 101 Å². The first-order valence-corrected chi connectivity index (χ1v) is 9.65. The van der Waals surface area contributed by atoms with Gasteiger partial charge in [0.25, 0.3) is 0 Å². The van der Waals surface area contributed by atoms with Gasteiger partial charge in [0, 0.05) is 16.7 Å². The molecule has 0 saturated heterocycles. The van der Waals surface area contributed by atoms with Crippen molar-refractivity contribution in [2.75, 3.05) is 0 Å². The zero-order valence-corrected chi connectivity index (χ0v) is 18.2. The summed E-state index contributed by atoms with van der Waals surface area (Å²) in [5, 5.41) is 0. The van der Waals surface area contributed by atoms with E-state index in [2.05, 4.69) is 4.74 Å². The molecular weight excluding hydrogens is 523 g/mol. The van der Waals surface area contributed by atoms with E-state index < -0.39 is 29.8 Å². The minimum atomic E-state index is -4.69. The van der Waals surface area contributed by atoms with Gasteiger partial charge in [-0.2, -0.15) is 26.3 Å². The zero-order chi connectivity index (χ0) is 28.3. The first-order valence-electron chi connectivity index (χ1n) is 9.65. The minimum Gasteiger partial charge on any atom is -0.406 e. The molecule has 0 aliphatic heterocycles. The molecule has 37 heavy (non-hydrogen) atoms. The molecule has 0 saturated carbocycles. The van der Waals surface area contributed by atoms with Crippen molar-refractivity contribution in [1.82, 2.24) is 0 Å². The molecule has 0 fully saturated rings. The molecule has 0 heterocycles. The van der Waals surface area contributed by atoms with Gasteiger partial charge in [-0.05, 0) is 42.5 Å². The van der Waals surface area contributed by atoms with E-state index in [0.29, 0.717) is 18.1 Å². The molecule has 0 aliphatic carbocycles. The monoisotopic (exact) mass is 538 g/mol. The second-order valence-corrected chi connectivity index (χ2v) is 6.68. The van der Waals surface area contributed by atoms with Crippen molar-refractivity contribution in [2.45, 2.75) is 18.7 Å². The van der Waals surface area contributed by atoms with E-state index in [9.17, 15) is 53.9 Å². The molecule has 13 heteroatoms. The second kappa shape index (κ2) is 13.2. The highest BCUT2D eigenvalue weighted by atomic mass is 19.4. The van der Waals surface area contributed by atoms with E-state index in [1.165, 1.54) is 36.4 Å². The number of halogens is 9. The number of rotatable bonds is 4. The minimum absolute atomic E-state index is 0.0322. The molecule has 3 aromatic rings. The molecule has 0 spiro atoms. The SMILES string of the molecule is O=Cc1ccc(OC(F)(F)F)cc1.O=Cc1cccc(C(F)(F)F)c1.O=Cc1ccccc1C(F)(F)F. The molecular formula is C24H15F9O4. The molecule has 3 rings (SSSR count). The highest BCUT2D eigenvalue weighted by molar-refractivity contribution is 5.77. The molecule has 3 aromatic carbocycles. The zero-order valence-electron chi connectivity index (χ0n) is 18.2. The van der Waals surface area contributed by atoms with Crippen molar-refractivity contribution in [1.29, 1.82) is 0 Å². The van der Waals surface area contributed by atoms with Gasteiger partial charge in [0.15, 0.2) is 6.29 Å². The van der Waals surface area contributed by atoms with Crippen LogP contribution in [0.2, 0.25) is 0 Å². The Morgan fingerprint density at radius 1 is 0.568 bits per heavy atom. The van der Waals surface area contributed by atoms with E-state index in [4.69, 9.17) is 0 Å². The van der Waals surface area contributed by atoms with Crippen LogP contribution in [0, 0.1) is 0 Å². The molecule has 0 N–H and O–H groups in total. The van der Waals surface area contributed by atoms with E-state index in [-0.39, 0.29) is 23.2 Å². The van der Waals surface area contributed by atoms with Crippen molar-refractivity contribution in [2.24, 2.45) is 0 Å². The third-order valence-electron chi connectivity index (χ3n) is 3.99. The van der Waals surface area contributed by atoms with Crippen LogP contribution in [0.25, 0.3) is 0 Å². The predicted octanol–water partition coefficient (Wildman–Crippen LogP) is 7.43. The van der Waals surface area contributed by atoms with Crippen LogP contribution in [-0.2, 0) is 12.4 Å². The average Bonchev–Trinajstić information content (AvgIpc) is 2.83. The summed E-state index contributed by atoms with van der Waals surface area (Å²) in [7, 11) is 0. The van der Waals surface area contributed by atoms with Crippen LogP contribution >= 0.6 is 0 Å². The van der Waals surface area contributed by atoms with Gasteiger partial charge < -0.3 is 4.74 Å². The summed E-state index contributed by atoms with van der Waals surface area (Å²) < 4.78 is 111. The Labute approximate surface area is 203 Å². The summed E-state index contributed by atoms with van der Waals surface area (Å²) in [5.41, 5.74) is -1.68. The molecule has 198 valence electrons. The number of hydrogen-bond acceptors (Lipinski definition) is 4. The lowest BCUT2D eigenvalue weighted by Crippen LogP contribution is -2.16.